The fraction of sp³-hybridized carbons (Fsp3) is 0.133. The van der Waals surface area contributed by atoms with E-state index in [0.717, 1.165) is 16.7 Å². The van der Waals surface area contributed by atoms with Crippen LogP contribution in [0.25, 0.3) is 11.5 Å². The Kier molecular flexibility index (Phi) is 4.15. The van der Waals surface area contributed by atoms with Gasteiger partial charge in [-0.05, 0) is 24.3 Å². The molecule has 124 valence electrons. The molecule has 0 atom stereocenters. The van der Waals surface area contributed by atoms with Gasteiger partial charge in [0.15, 0.2) is 0 Å². The highest BCUT2D eigenvalue weighted by molar-refractivity contribution is 6.33. The largest absolute Gasteiger partial charge is 0.421 e. The van der Waals surface area contributed by atoms with E-state index in [2.05, 4.69) is 10.2 Å². The summed E-state index contributed by atoms with van der Waals surface area (Å²) in [5.74, 6) is 0.113. The second-order valence-electron chi connectivity index (χ2n) is 4.83. The van der Waals surface area contributed by atoms with Crippen molar-refractivity contribution in [1.82, 2.24) is 14.8 Å². The lowest BCUT2D eigenvalue weighted by molar-refractivity contribution is -0.138. The molecule has 0 N–H and O–H groups in total. The van der Waals surface area contributed by atoms with Gasteiger partial charge in [-0.2, -0.15) is 13.2 Å². The van der Waals surface area contributed by atoms with Gasteiger partial charge in [0, 0.05) is 6.20 Å². The van der Waals surface area contributed by atoms with Gasteiger partial charge >= 0.3 is 6.18 Å². The highest BCUT2D eigenvalue weighted by Gasteiger charge is 2.34. The van der Waals surface area contributed by atoms with Crippen molar-refractivity contribution >= 4 is 11.6 Å². The smallest absolute Gasteiger partial charge is 0.419 e. The molecule has 2 heterocycles. The van der Waals surface area contributed by atoms with Crippen LogP contribution in [0.1, 0.15) is 11.5 Å². The van der Waals surface area contributed by atoms with Crippen molar-refractivity contribution in [2.24, 2.45) is 0 Å². The van der Waals surface area contributed by atoms with Crippen molar-refractivity contribution in [1.29, 1.82) is 0 Å². The number of nitrogens with zero attached hydrogens (tertiary/aromatic N) is 3. The molecule has 0 saturated heterocycles. The monoisotopic (exact) mass is 355 g/mol. The molecule has 24 heavy (non-hydrogen) atoms. The third-order valence-corrected chi connectivity index (χ3v) is 3.53. The first-order valence-electron chi connectivity index (χ1n) is 6.70. The second-order valence-corrected chi connectivity index (χ2v) is 5.24. The van der Waals surface area contributed by atoms with Gasteiger partial charge in [-0.25, -0.2) is 0 Å². The molecule has 0 aliphatic rings. The fourth-order valence-electron chi connectivity index (χ4n) is 2.08. The summed E-state index contributed by atoms with van der Waals surface area (Å²) in [6.45, 7) is -0.278. The minimum atomic E-state index is -4.72. The van der Waals surface area contributed by atoms with Crippen molar-refractivity contribution in [3.05, 3.63) is 69.4 Å². The number of hydrogen-bond acceptors (Lipinski definition) is 4. The van der Waals surface area contributed by atoms with Crippen LogP contribution >= 0.6 is 11.6 Å². The number of aromatic nitrogens is 3. The lowest BCUT2D eigenvalue weighted by Gasteiger charge is -2.08. The summed E-state index contributed by atoms with van der Waals surface area (Å²) in [6, 6.07) is 8.61. The maximum Gasteiger partial charge on any atom is 0.421 e. The molecule has 0 spiro atoms. The number of pyridine rings is 1. The van der Waals surface area contributed by atoms with Crippen LogP contribution in [-0.4, -0.2) is 14.8 Å². The lowest BCUT2D eigenvalue weighted by Crippen LogP contribution is -2.28. The predicted molar refractivity (Wildman–Crippen MR) is 79.6 cm³/mol. The van der Waals surface area contributed by atoms with E-state index in [1.165, 1.54) is 6.20 Å². The molecule has 0 aliphatic carbocycles. The van der Waals surface area contributed by atoms with Crippen LogP contribution in [0.3, 0.4) is 0 Å². The second kappa shape index (κ2) is 6.12. The molecule has 0 saturated carbocycles. The Morgan fingerprint density at radius 1 is 1.12 bits per heavy atom. The average Bonchev–Trinajstić information content (AvgIpc) is 2.97. The van der Waals surface area contributed by atoms with Crippen molar-refractivity contribution in [3.8, 4) is 11.5 Å². The van der Waals surface area contributed by atoms with E-state index in [4.69, 9.17) is 16.0 Å². The van der Waals surface area contributed by atoms with Crippen LogP contribution in [0.2, 0.25) is 5.02 Å². The van der Waals surface area contributed by atoms with Gasteiger partial charge in [0.25, 0.3) is 5.56 Å². The first kappa shape index (κ1) is 16.3. The lowest BCUT2D eigenvalue weighted by atomic mass is 10.2. The Morgan fingerprint density at radius 2 is 1.88 bits per heavy atom. The number of hydrogen-bond donors (Lipinski definition) is 0. The molecule has 0 amide bonds. The standard InChI is InChI=1S/C15H9ClF3N3O2/c16-11-6-2-1-4-9(11)13-21-20-12(24-13)8-22-7-3-5-10(14(22)23)15(17,18)19/h1-7H,8H2. The zero-order valence-corrected chi connectivity index (χ0v) is 12.7. The maximum absolute atomic E-state index is 12.8. The van der Waals surface area contributed by atoms with E-state index < -0.39 is 17.3 Å². The van der Waals surface area contributed by atoms with E-state index in [-0.39, 0.29) is 18.3 Å². The summed E-state index contributed by atoms with van der Waals surface area (Å²) in [6.07, 6.45) is -3.51. The molecule has 0 aliphatic heterocycles. The van der Waals surface area contributed by atoms with Crippen LogP contribution in [-0.2, 0) is 12.7 Å². The molecule has 3 rings (SSSR count). The summed E-state index contributed by atoms with van der Waals surface area (Å²) in [5.41, 5.74) is -1.94. The van der Waals surface area contributed by atoms with Gasteiger partial charge < -0.3 is 8.98 Å². The molecule has 0 bridgehead atoms. The van der Waals surface area contributed by atoms with Crippen LogP contribution in [0, 0.1) is 0 Å². The number of rotatable bonds is 3. The number of halogens is 4. The van der Waals surface area contributed by atoms with E-state index in [9.17, 15) is 18.0 Å². The van der Waals surface area contributed by atoms with Crippen molar-refractivity contribution < 1.29 is 17.6 Å². The molecule has 0 fully saturated rings. The third kappa shape index (κ3) is 3.18. The van der Waals surface area contributed by atoms with Crippen LogP contribution in [0.4, 0.5) is 13.2 Å². The molecular formula is C15H9ClF3N3O2. The maximum atomic E-state index is 12.8. The molecule has 3 aromatic rings. The van der Waals surface area contributed by atoms with Gasteiger partial charge in [0.1, 0.15) is 12.1 Å². The van der Waals surface area contributed by atoms with Gasteiger partial charge in [-0.15, -0.1) is 10.2 Å². The first-order valence-corrected chi connectivity index (χ1v) is 7.08. The van der Waals surface area contributed by atoms with Gasteiger partial charge in [-0.1, -0.05) is 23.7 Å². The van der Waals surface area contributed by atoms with Crippen LogP contribution in [0.15, 0.2) is 51.8 Å². The fourth-order valence-corrected chi connectivity index (χ4v) is 2.30. The first-order chi connectivity index (χ1) is 11.4. The Morgan fingerprint density at radius 3 is 2.58 bits per heavy atom. The molecule has 0 radical (unpaired) electrons. The number of benzene rings is 1. The normalized spacial score (nSPS) is 11.7. The quantitative estimate of drug-likeness (QED) is 0.720. The summed E-state index contributed by atoms with van der Waals surface area (Å²) >= 11 is 6.02. The Labute approximate surface area is 138 Å². The van der Waals surface area contributed by atoms with Crippen molar-refractivity contribution in [2.75, 3.05) is 0 Å². The zero-order chi connectivity index (χ0) is 17.3. The van der Waals surface area contributed by atoms with Crippen molar-refractivity contribution in [2.45, 2.75) is 12.7 Å². The molecule has 5 nitrogen and oxygen atoms in total. The van der Waals surface area contributed by atoms with E-state index in [1.54, 1.807) is 24.3 Å². The summed E-state index contributed by atoms with van der Waals surface area (Å²) in [7, 11) is 0. The zero-order valence-electron chi connectivity index (χ0n) is 11.9. The Balaban J connectivity index is 1.92. The van der Waals surface area contributed by atoms with Crippen LogP contribution < -0.4 is 5.56 Å². The average molecular weight is 356 g/mol. The van der Waals surface area contributed by atoms with Crippen molar-refractivity contribution in [3.63, 3.8) is 0 Å². The molecule has 9 heteroatoms. The summed E-state index contributed by atoms with van der Waals surface area (Å²) in [4.78, 5) is 11.9. The molecular weight excluding hydrogens is 347 g/mol. The van der Waals surface area contributed by atoms with Gasteiger partial charge in [0.05, 0.1) is 10.6 Å². The molecule has 1 aromatic carbocycles. The minimum Gasteiger partial charge on any atom is -0.419 e. The van der Waals surface area contributed by atoms with E-state index >= 15 is 0 Å². The highest BCUT2D eigenvalue weighted by Crippen LogP contribution is 2.27. The molecule has 2 aromatic heterocycles. The Hall–Kier alpha value is -2.61. The number of alkyl halides is 3. The SMILES string of the molecule is O=c1c(C(F)(F)F)cccn1Cc1nnc(-c2ccccc2Cl)o1. The predicted octanol–water partition coefficient (Wildman–Crippen LogP) is 3.62. The van der Waals surface area contributed by atoms with E-state index in [1.807, 2.05) is 0 Å². The van der Waals surface area contributed by atoms with Crippen LogP contribution in [0.5, 0.6) is 0 Å². The highest BCUT2D eigenvalue weighted by atomic mass is 35.5. The topological polar surface area (TPSA) is 60.9 Å². The summed E-state index contributed by atoms with van der Waals surface area (Å²) in [5, 5.41) is 7.94. The Bertz CT molecular complexity index is 934. The van der Waals surface area contributed by atoms with E-state index in [0.29, 0.717) is 10.6 Å². The molecule has 0 unspecified atom stereocenters. The van der Waals surface area contributed by atoms with Gasteiger partial charge in [-0.3, -0.25) is 4.79 Å². The summed E-state index contributed by atoms with van der Waals surface area (Å²) < 4.78 is 44.5. The minimum absolute atomic E-state index is 0.00801. The van der Waals surface area contributed by atoms with Gasteiger partial charge in [0.2, 0.25) is 11.8 Å². The third-order valence-electron chi connectivity index (χ3n) is 3.20.